The number of aliphatic carboxylic acids is 1. The van der Waals surface area contributed by atoms with Gasteiger partial charge in [-0.05, 0) is 35.7 Å². The zero-order valence-corrected chi connectivity index (χ0v) is 15.7. The first kappa shape index (κ1) is 18.6. The highest BCUT2D eigenvalue weighted by Gasteiger charge is 2.30. The number of carboxylic acids is 1. The van der Waals surface area contributed by atoms with Crippen LogP contribution in [0.1, 0.15) is 39.9 Å². The highest BCUT2D eigenvalue weighted by molar-refractivity contribution is 7.12. The molecule has 2 aromatic rings. The summed E-state index contributed by atoms with van der Waals surface area (Å²) in [7, 11) is 0. The number of carbonyl (C=O) groups excluding carboxylic acids is 2. The van der Waals surface area contributed by atoms with E-state index in [1.807, 2.05) is 35.0 Å². The van der Waals surface area contributed by atoms with E-state index >= 15 is 0 Å². The van der Waals surface area contributed by atoms with Crippen molar-refractivity contribution >= 4 is 40.5 Å². The Morgan fingerprint density at radius 3 is 2.42 bits per heavy atom. The summed E-state index contributed by atoms with van der Waals surface area (Å²) in [5, 5.41) is 15.7. The molecule has 1 saturated heterocycles. The lowest BCUT2D eigenvalue weighted by Gasteiger charge is -2.31. The summed E-state index contributed by atoms with van der Waals surface area (Å²) in [6.07, 6.45) is 1.04. The van der Waals surface area contributed by atoms with Crippen LogP contribution in [0.4, 0.5) is 0 Å². The van der Waals surface area contributed by atoms with Crippen LogP contribution in [0.5, 0.6) is 0 Å². The molecule has 1 atom stereocenters. The molecule has 138 valence electrons. The quantitative estimate of drug-likeness (QED) is 0.791. The number of amides is 2. The normalized spacial score (nSPS) is 16.2. The van der Waals surface area contributed by atoms with Crippen LogP contribution >= 0.6 is 22.7 Å². The van der Waals surface area contributed by atoms with Crippen LogP contribution in [0.3, 0.4) is 0 Å². The van der Waals surface area contributed by atoms with Crippen molar-refractivity contribution in [1.29, 1.82) is 0 Å². The molecule has 0 aliphatic carbocycles. The smallest absolute Gasteiger partial charge is 0.305 e. The van der Waals surface area contributed by atoms with E-state index in [0.29, 0.717) is 30.8 Å². The molecule has 0 spiro atoms. The number of hydrogen-bond donors (Lipinski definition) is 2. The first-order valence-electron chi connectivity index (χ1n) is 8.43. The highest BCUT2D eigenvalue weighted by atomic mass is 32.1. The lowest BCUT2D eigenvalue weighted by Crippen LogP contribution is -2.43. The molecule has 3 rings (SSSR count). The van der Waals surface area contributed by atoms with Crippen molar-refractivity contribution in [3.8, 4) is 0 Å². The Hall–Kier alpha value is -2.19. The van der Waals surface area contributed by atoms with Crippen molar-refractivity contribution in [2.24, 2.45) is 5.92 Å². The predicted molar refractivity (Wildman–Crippen MR) is 100 cm³/mol. The van der Waals surface area contributed by atoms with Crippen LogP contribution in [0.25, 0.3) is 0 Å². The lowest BCUT2D eigenvalue weighted by atomic mass is 9.95. The van der Waals surface area contributed by atoms with E-state index in [4.69, 9.17) is 5.11 Å². The van der Waals surface area contributed by atoms with Gasteiger partial charge in [0.15, 0.2) is 0 Å². The second kappa shape index (κ2) is 8.46. The van der Waals surface area contributed by atoms with E-state index < -0.39 is 12.0 Å². The Labute approximate surface area is 159 Å². The lowest BCUT2D eigenvalue weighted by molar-refractivity contribution is -0.138. The van der Waals surface area contributed by atoms with E-state index in [0.717, 1.165) is 4.88 Å². The summed E-state index contributed by atoms with van der Waals surface area (Å²) in [4.78, 5) is 39.4. The molecule has 8 heteroatoms. The van der Waals surface area contributed by atoms with Crippen LogP contribution in [-0.2, 0) is 9.59 Å². The van der Waals surface area contributed by atoms with Gasteiger partial charge in [0.1, 0.15) is 0 Å². The van der Waals surface area contributed by atoms with Crippen LogP contribution in [-0.4, -0.2) is 40.9 Å². The van der Waals surface area contributed by atoms with Crippen molar-refractivity contribution in [2.45, 2.75) is 25.3 Å². The fourth-order valence-electron chi connectivity index (χ4n) is 3.08. The zero-order chi connectivity index (χ0) is 18.5. The number of likely N-dealkylation sites (tertiary alicyclic amines) is 1. The third-order valence-electron chi connectivity index (χ3n) is 4.47. The maximum absolute atomic E-state index is 12.6. The largest absolute Gasteiger partial charge is 0.481 e. The van der Waals surface area contributed by atoms with E-state index in [9.17, 15) is 14.4 Å². The summed E-state index contributed by atoms with van der Waals surface area (Å²) in [6.45, 7) is 1.08. The van der Waals surface area contributed by atoms with Gasteiger partial charge < -0.3 is 15.3 Å². The summed E-state index contributed by atoms with van der Waals surface area (Å²) < 4.78 is 0. The molecule has 0 aromatic carbocycles. The molecule has 2 aromatic heterocycles. The molecule has 0 bridgehead atoms. The van der Waals surface area contributed by atoms with Gasteiger partial charge in [-0.25, -0.2) is 0 Å². The number of thiophene rings is 2. The number of hydrogen-bond acceptors (Lipinski definition) is 5. The molecule has 1 fully saturated rings. The summed E-state index contributed by atoms with van der Waals surface area (Å²) in [6, 6.07) is 6.83. The Morgan fingerprint density at radius 2 is 1.85 bits per heavy atom. The highest BCUT2D eigenvalue weighted by Crippen LogP contribution is 2.25. The van der Waals surface area contributed by atoms with Crippen molar-refractivity contribution in [3.63, 3.8) is 0 Å². The minimum atomic E-state index is -0.944. The molecule has 1 aliphatic heterocycles. The fourth-order valence-corrected chi connectivity index (χ4v) is 4.55. The van der Waals surface area contributed by atoms with E-state index in [-0.39, 0.29) is 24.2 Å². The standard InChI is InChI=1S/C18H20N2O4S2/c21-16(22)11-13(14-3-1-9-25-14)19-17(23)12-5-7-20(8-6-12)18(24)15-4-2-10-26-15/h1-4,9-10,12-13H,5-8,11H2,(H,19,23)(H,21,22)/t13-/m0/s1. The summed E-state index contributed by atoms with van der Waals surface area (Å²) in [5.74, 6) is -1.26. The van der Waals surface area contributed by atoms with Crippen LogP contribution < -0.4 is 5.32 Å². The molecular weight excluding hydrogens is 372 g/mol. The van der Waals surface area contributed by atoms with Crippen LogP contribution in [0.2, 0.25) is 0 Å². The number of carboxylic acid groups (broad SMARTS) is 1. The van der Waals surface area contributed by atoms with Gasteiger partial charge in [-0.3, -0.25) is 14.4 Å². The van der Waals surface area contributed by atoms with Gasteiger partial charge >= 0.3 is 5.97 Å². The molecule has 0 saturated carbocycles. The Kier molecular flexibility index (Phi) is 6.05. The predicted octanol–water partition coefficient (Wildman–Crippen LogP) is 2.99. The van der Waals surface area contributed by atoms with Crippen molar-refractivity contribution < 1.29 is 19.5 Å². The SMILES string of the molecule is O=C(O)C[C@H](NC(=O)C1CCN(C(=O)c2cccs2)CC1)c1cccs1. The van der Waals surface area contributed by atoms with Gasteiger partial charge in [-0.2, -0.15) is 0 Å². The first-order chi connectivity index (χ1) is 12.5. The van der Waals surface area contributed by atoms with Gasteiger partial charge in [-0.1, -0.05) is 12.1 Å². The number of rotatable bonds is 6. The summed E-state index contributed by atoms with van der Waals surface area (Å²) in [5.41, 5.74) is 0. The zero-order valence-electron chi connectivity index (χ0n) is 14.1. The first-order valence-corrected chi connectivity index (χ1v) is 10.2. The fraction of sp³-hybridized carbons (Fsp3) is 0.389. The van der Waals surface area contributed by atoms with Gasteiger partial charge in [-0.15, -0.1) is 22.7 Å². The summed E-state index contributed by atoms with van der Waals surface area (Å²) >= 11 is 2.85. The van der Waals surface area contributed by atoms with Crippen molar-refractivity contribution in [3.05, 3.63) is 44.8 Å². The second-order valence-corrected chi connectivity index (χ2v) is 8.15. The average molecular weight is 393 g/mol. The van der Waals surface area contributed by atoms with E-state index in [1.54, 1.807) is 4.90 Å². The van der Waals surface area contributed by atoms with Crippen molar-refractivity contribution in [1.82, 2.24) is 10.2 Å². The Balaban J connectivity index is 1.55. The average Bonchev–Trinajstić information content (AvgIpc) is 3.34. The number of piperidine rings is 1. The topological polar surface area (TPSA) is 86.7 Å². The molecule has 6 nitrogen and oxygen atoms in total. The van der Waals surface area contributed by atoms with Crippen LogP contribution in [0, 0.1) is 5.92 Å². The third kappa shape index (κ3) is 4.50. The minimum absolute atomic E-state index is 0.0150. The Morgan fingerprint density at radius 1 is 1.15 bits per heavy atom. The second-order valence-electron chi connectivity index (χ2n) is 6.22. The molecule has 0 radical (unpaired) electrons. The van der Waals surface area contributed by atoms with Gasteiger partial charge in [0, 0.05) is 23.9 Å². The molecule has 0 unspecified atom stereocenters. The number of nitrogens with zero attached hydrogens (tertiary/aromatic N) is 1. The molecular formula is C18H20N2O4S2. The molecule has 1 aliphatic rings. The minimum Gasteiger partial charge on any atom is -0.481 e. The maximum atomic E-state index is 12.6. The number of carbonyl (C=O) groups is 3. The van der Waals surface area contributed by atoms with E-state index in [2.05, 4.69) is 5.32 Å². The van der Waals surface area contributed by atoms with Gasteiger partial charge in [0.2, 0.25) is 5.91 Å². The maximum Gasteiger partial charge on any atom is 0.305 e. The number of nitrogens with one attached hydrogen (secondary N) is 1. The molecule has 3 heterocycles. The van der Waals surface area contributed by atoms with Gasteiger partial charge in [0.25, 0.3) is 5.91 Å². The van der Waals surface area contributed by atoms with Crippen molar-refractivity contribution in [2.75, 3.05) is 13.1 Å². The molecule has 2 amide bonds. The van der Waals surface area contributed by atoms with Gasteiger partial charge in [0.05, 0.1) is 17.3 Å². The van der Waals surface area contributed by atoms with E-state index in [1.165, 1.54) is 22.7 Å². The van der Waals surface area contributed by atoms with Crippen LogP contribution in [0.15, 0.2) is 35.0 Å². The Bertz CT molecular complexity index is 750. The molecule has 26 heavy (non-hydrogen) atoms. The monoisotopic (exact) mass is 392 g/mol. The molecule has 2 N–H and O–H groups in total. The third-order valence-corrected chi connectivity index (χ3v) is 6.31.